The first-order valence-corrected chi connectivity index (χ1v) is 13.0. The Morgan fingerprint density at radius 2 is 1.88 bits per heavy atom. The number of hydrogen-bond acceptors (Lipinski definition) is 5. The van der Waals surface area contributed by atoms with E-state index in [2.05, 4.69) is 27.7 Å². The first kappa shape index (κ1) is 22.0. The zero-order valence-electron chi connectivity index (χ0n) is 20.6. The lowest BCUT2D eigenvalue weighted by Crippen LogP contribution is -2.63. The summed E-state index contributed by atoms with van der Waals surface area (Å²) in [6.45, 7) is 10.8. The lowest BCUT2D eigenvalue weighted by Gasteiger charge is -2.58. The van der Waals surface area contributed by atoms with E-state index in [0.717, 1.165) is 43.3 Å². The predicted molar refractivity (Wildman–Crippen MR) is 123 cm³/mol. The molecule has 0 aromatic carbocycles. The minimum absolute atomic E-state index is 0.0125. The van der Waals surface area contributed by atoms with Crippen molar-refractivity contribution in [2.24, 2.45) is 40.4 Å². The number of carbonyl (C=O) groups excluding carboxylic acids is 2. The van der Waals surface area contributed by atoms with Gasteiger partial charge in [-0.3, -0.25) is 4.79 Å². The minimum Gasteiger partial charge on any atom is -0.458 e. The highest BCUT2D eigenvalue weighted by atomic mass is 16.6. The molecule has 4 aliphatic carbocycles. The van der Waals surface area contributed by atoms with Crippen LogP contribution in [0.1, 0.15) is 73.1 Å². The number of aliphatic hydroxyl groups is 1. The van der Waals surface area contributed by atoms with Crippen LogP contribution in [0.5, 0.6) is 0 Å². The van der Waals surface area contributed by atoms with Gasteiger partial charge in [-0.2, -0.15) is 0 Å². The van der Waals surface area contributed by atoms with Crippen LogP contribution in [-0.4, -0.2) is 40.8 Å². The standard InChI is InChI=1S/C28H38O5/c1-14-12-21(32-25(31)15(14)2)16(3)18-6-7-19-17-13-24-28(33-24)23(30)9-8-22(29)27(28,5)20(17)10-11-26(18,19)4/h8-9,16-21,23-24,30H,6-7,10-13H2,1-5H3/t16-,17?,18+,19?,20?,21+,23-,24+,26+,27-,28+/m0/s1. The van der Waals surface area contributed by atoms with Crippen molar-refractivity contribution in [1.82, 2.24) is 0 Å². The highest BCUT2D eigenvalue weighted by molar-refractivity contribution is 5.98. The molecule has 5 heteroatoms. The third-order valence-corrected chi connectivity index (χ3v) is 11.6. The molecule has 1 N–H and O–H groups in total. The van der Waals surface area contributed by atoms with Crippen LogP contribution >= 0.6 is 0 Å². The molecule has 0 radical (unpaired) electrons. The molecule has 6 aliphatic rings. The van der Waals surface area contributed by atoms with Crippen molar-refractivity contribution in [2.45, 2.75) is 97.1 Å². The van der Waals surface area contributed by atoms with Gasteiger partial charge in [0.25, 0.3) is 0 Å². The van der Waals surface area contributed by atoms with Crippen molar-refractivity contribution in [2.75, 3.05) is 0 Å². The first-order valence-electron chi connectivity index (χ1n) is 13.0. The number of fused-ring (bicyclic) bond motifs is 4. The van der Waals surface area contributed by atoms with Crippen molar-refractivity contribution in [3.05, 3.63) is 23.3 Å². The third-order valence-electron chi connectivity index (χ3n) is 11.6. The van der Waals surface area contributed by atoms with Crippen LogP contribution in [0.4, 0.5) is 0 Å². The maximum absolute atomic E-state index is 13.3. The zero-order chi connectivity index (χ0) is 23.5. The number of esters is 1. The lowest BCUT2D eigenvalue weighted by atomic mass is 9.44. The molecule has 3 saturated carbocycles. The highest BCUT2D eigenvalue weighted by Gasteiger charge is 2.80. The number of aliphatic hydroxyl groups excluding tert-OH is 1. The van der Waals surface area contributed by atoms with E-state index in [4.69, 9.17) is 9.47 Å². The summed E-state index contributed by atoms with van der Waals surface area (Å²) in [6.07, 6.45) is 8.75. The van der Waals surface area contributed by atoms with E-state index in [0.29, 0.717) is 23.7 Å². The fourth-order valence-corrected chi connectivity index (χ4v) is 9.54. The van der Waals surface area contributed by atoms with Crippen LogP contribution in [0.25, 0.3) is 0 Å². The molecule has 2 aliphatic heterocycles. The topological polar surface area (TPSA) is 76.1 Å². The van der Waals surface area contributed by atoms with Gasteiger partial charge >= 0.3 is 5.97 Å². The van der Waals surface area contributed by atoms with E-state index in [-0.39, 0.29) is 35.3 Å². The van der Waals surface area contributed by atoms with Gasteiger partial charge in [-0.1, -0.05) is 19.4 Å². The van der Waals surface area contributed by atoms with E-state index < -0.39 is 17.1 Å². The molecule has 0 aromatic rings. The Hall–Kier alpha value is -1.46. The Morgan fingerprint density at radius 1 is 1.12 bits per heavy atom. The molecule has 1 spiro atoms. The largest absolute Gasteiger partial charge is 0.458 e. The molecule has 33 heavy (non-hydrogen) atoms. The molecule has 0 bridgehead atoms. The predicted octanol–water partition coefficient (Wildman–Crippen LogP) is 4.38. The smallest absolute Gasteiger partial charge is 0.333 e. The van der Waals surface area contributed by atoms with Crippen molar-refractivity contribution < 1.29 is 24.2 Å². The molecule has 180 valence electrons. The van der Waals surface area contributed by atoms with E-state index in [9.17, 15) is 14.7 Å². The molecule has 6 rings (SSSR count). The average Bonchev–Trinajstić information content (AvgIpc) is 3.41. The van der Waals surface area contributed by atoms with Gasteiger partial charge in [0.2, 0.25) is 0 Å². The lowest BCUT2D eigenvalue weighted by molar-refractivity contribution is -0.155. The summed E-state index contributed by atoms with van der Waals surface area (Å²) in [6, 6.07) is 0. The Balaban J connectivity index is 1.28. The second-order valence-electron chi connectivity index (χ2n) is 12.5. The average molecular weight is 455 g/mol. The number of rotatable bonds is 2. The highest BCUT2D eigenvalue weighted by Crippen LogP contribution is 2.73. The molecule has 2 heterocycles. The summed E-state index contributed by atoms with van der Waals surface area (Å²) >= 11 is 0. The fraction of sp³-hybridized carbons (Fsp3) is 0.786. The van der Waals surface area contributed by atoms with Gasteiger partial charge in [-0.15, -0.1) is 0 Å². The Bertz CT molecular complexity index is 981. The summed E-state index contributed by atoms with van der Waals surface area (Å²) in [7, 11) is 0. The van der Waals surface area contributed by atoms with Crippen molar-refractivity contribution in [3.63, 3.8) is 0 Å². The third kappa shape index (κ3) is 2.56. The number of epoxide rings is 1. The minimum atomic E-state index is -0.697. The summed E-state index contributed by atoms with van der Waals surface area (Å²) in [4.78, 5) is 25.7. The van der Waals surface area contributed by atoms with Gasteiger partial charge in [-0.05, 0) is 100 Å². The van der Waals surface area contributed by atoms with E-state index in [1.54, 1.807) is 12.2 Å². The number of ether oxygens (including phenoxy) is 2. The Morgan fingerprint density at radius 3 is 2.61 bits per heavy atom. The van der Waals surface area contributed by atoms with E-state index >= 15 is 0 Å². The van der Waals surface area contributed by atoms with Gasteiger partial charge in [0.1, 0.15) is 17.8 Å². The number of ketones is 1. The molecule has 11 atom stereocenters. The maximum atomic E-state index is 13.3. The monoisotopic (exact) mass is 454 g/mol. The van der Waals surface area contributed by atoms with Gasteiger partial charge < -0.3 is 14.6 Å². The van der Waals surface area contributed by atoms with Gasteiger partial charge in [0.05, 0.1) is 11.5 Å². The van der Waals surface area contributed by atoms with E-state index in [1.165, 1.54) is 6.42 Å². The molecule has 5 nitrogen and oxygen atoms in total. The quantitative estimate of drug-likeness (QED) is 0.495. The second kappa shape index (κ2) is 6.81. The molecule has 1 saturated heterocycles. The van der Waals surface area contributed by atoms with Crippen LogP contribution in [-0.2, 0) is 19.1 Å². The fourth-order valence-electron chi connectivity index (χ4n) is 9.54. The van der Waals surface area contributed by atoms with Gasteiger partial charge in [0.15, 0.2) is 5.78 Å². The number of carbonyl (C=O) groups is 2. The van der Waals surface area contributed by atoms with E-state index in [1.807, 2.05) is 6.92 Å². The van der Waals surface area contributed by atoms with Crippen LogP contribution < -0.4 is 0 Å². The number of hydrogen-bond donors (Lipinski definition) is 1. The summed E-state index contributed by atoms with van der Waals surface area (Å²) < 4.78 is 12.2. The van der Waals surface area contributed by atoms with Crippen LogP contribution in [0.15, 0.2) is 23.3 Å². The van der Waals surface area contributed by atoms with Crippen molar-refractivity contribution in [3.8, 4) is 0 Å². The Kier molecular flexibility index (Phi) is 4.55. The van der Waals surface area contributed by atoms with Crippen LogP contribution in [0.3, 0.4) is 0 Å². The Labute approximate surface area is 197 Å². The first-order chi connectivity index (χ1) is 15.6. The van der Waals surface area contributed by atoms with Crippen LogP contribution in [0.2, 0.25) is 0 Å². The normalized spacial score (nSPS) is 53.6. The summed E-state index contributed by atoms with van der Waals surface area (Å²) in [5.41, 5.74) is 0.798. The van der Waals surface area contributed by atoms with Crippen LogP contribution in [0, 0.1) is 40.4 Å². The summed E-state index contributed by atoms with van der Waals surface area (Å²) in [5.74, 6) is 2.09. The number of cyclic esters (lactones) is 1. The number of allylic oxidation sites excluding steroid dienone is 1. The maximum Gasteiger partial charge on any atom is 0.333 e. The zero-order valence-corrected chi connectivity index (χ0v) is 20.6. The van der Waals surface area contributed by atoms with Crippen molar-refractivity contribution in [1.29, 1.82) is 0 Å². The molecule has 0 amide bonds. The summed E-state index contributed by atoms with van der Waals surface area (Å²) in [5, 5.41) is 10.8. The SMILES string of the molecule is CC1=C(C)C(=O)O[C@@H]([C@@H](C)[C@H]2CCC3C4C[C@H]5O[C@]56[C@@H](O)C=CC(=O)[C@]6(C)C4CC[C@@]32C)C1. The molecule has 3 unspecified atom stereocenters. The molecular weight excluding hydrogens is 416 g/mol. The molecule has 4 fully saturated rings. The molecule has 0 aromatic heterocycles. The van der Waals surface area contributed by atoms with Gasteiger partial charge in [-0.25, -0.2) is 4.79 Å². The van der Waals surface area contributed by atoms with Crippen molar-refractivity contribution >= 4 is 11.8 Å². The van der Waals surface area contributed by atoms with Gasteiger partial charge in [0, 0.05) is 12.0 Å². The molecular formula is C28H38O5. The second-order valence-corrected chi connectivity index (χ2v) is 12.5.